The van der Waals surface area contributed by atoms with Crippen LogP contribution in [0.5, 0.6) is 0 Å². The van der Waals surface area contributed by atoms with Gasteiger partial charge in [0.05, 0.1) is 25.5 Å². The van der Waals surface area contributed by atoms with E-state index in [1.165, 1.54) is 0 Å². The van der Waals surface area contributed by atoms with Crippen molar-refractivity contribution in [3.05, 3.63) is 101 Å². The second kappa shape index (κ2) is 9.25. The van der Waals surface area contributed by atoms with Gasteiger partial charge in [0.2, 0.25) is 0 Å². The van der Waals surface area contributed by atoms with Crippen molar-refractivity contribution in [1.82, 2.24) is 15.1 Å². The van der Waals surface area contributed by atoms with Gasteiger partial charge in [-0.15, -0.1) is 0 Å². The first-order valence-electron chi connectivity index (χ1n) is 10.7. The highest BCUT2D eigenvalue weighted by atomic mass is 35.5. The van der Waals surface area contributed by atoms with Crippen molar-refractivity contribution in [3.8, 4) is 22.3 Å². The summed E-state index contributed by atoms with van der Waals surface area (Å²) in [6.07, 6.45) is 3.74. The molecule has 1 N–H and O–H groups in total. The zero-order chi connectivity index (χ0) is 21.9. The molecule has 0 amide bonds. The highest BCUT2D eigenvalue weighted by Crippen LogP contribution is 2.34. The largest absolute Gasteiger partial charge is 0.379 e. The maximum Gasteiger partial charge on any atom is 0.131 e. The molecule has 32 heavy (non-hydrogen) atoms. The molecule has 0 saturated carbocycles. The van der Waals surface area contributed by atoms with Crippen molar-refractivity contribution in [2.45, 2.75) is 6.04 Å². The summed E-state index contributed by atoms with van der Waals surface area (Å²) in [4.78, 5) is 2.35. The third-order valence-electron chi connectivity index (χ3n) is 5.91. The molecule has 6 heteroatoms. The van der Waals surface area contributed by atoms with E-state index in [0.29, 0.717) is 23.8 Å². The number of aromatic nitrogens is 2. The maximum absolute atomic E-state index is 14.9. The van der Waals surface area contributed by atoms with Crippen LogP contribution < -0.4 is 0 Å². The molecule has 1 aliphatic heterocycles. The van der Waals surface area contributed by atoms with E-state index in [0.717, 1.165) is 40.9 Å². The van der Waals surface area contributed by atoms with Gasteiger partial charge in [-0.2, -0.15) is 5.10 Å². The molecule has 1 atom stereocenters. The Morgan fingerprint density at radius 2 is 1.69 bits per heavy atom. The van der Waals surface area contributed by atoms with Crippen LogP contribution in [0.1, 0.15) is 17.2 Å². The Hall–Kier alpha value is -2.99. The molecule has 4 nitrogen and oxygen atoms in total. The summed E-state index contributed by atoms with van der Waals surface area (Å²) in [6.45, 7) is 3.01. The number of H-pyrrole nitrogens is 1. The van der Waals surface area contributed by atoms with Gasteiger partial charge in [-0.1, -0.05) is 54.1 Å². The lowest BCUT2D eigenvalue weighted by Crippen LogP contribution is -2.39. The topological polar surface area (TPSA) is 41.2 Å². The molecule has 4 aromatic rings. The molecule has 0 spiro atoms. The first-order valence-corrected chi connectivity index (χ1v) is 11.0. The van der Waals surface area contributed by atoms with Crippen LogP contribution in [0.25, 0.3) is 22.3 Å². The summed E-state index contributed by atoms with van der Waals surface area (Å²) in [6, 6.07) is 21.0. The normalized spacial score (nSPS) is 15.6. The fraction of sp³-hybridized carbons (Fsp3) is 0.192. The molecule has 2 heterocycles. The van der Waals surface area contributed by atoms with Crippen molar-refractivity contribution >= 4 is 11.6 Å². The summed E-state index contributed by atoms with van der Waals surface area (Å²) in [5, 5.41) is 7.74. The number of ether oxygens (including phenoxy) is 1. The lowest BCUT2D eigenvalue weighted by molar-refractivity contribution is 0.0239. The Balaban J connectivity index is 1.50. The number of hydrogen-bond donors (Lipinski definition) is 1. The molecule has 1 saturated heterocycles. The second-order valence-electron chi connectivity index (χ2n) is 7.91. The third-order valence-corrected chi connectivity index (χ3v) is 6.14. The van der Waals surface area contributed by atoms with Gasteiger partial charge >= 0.3 is 0 Å². The van der Waals surface area contributed by atoms with Crippen LogP contribution in [0.2, 0.25) is 5.02 Å². The number of hydrogen-bond acceptors (Lipinski definition) is 3. The lowest BCUT2D eigenvalue weighted by Gasteiger charge is -2.34. The monoisotopic (exact) mass is 447 g/mol. The average molecular weight is 448 g/mol. The molecular weight excluding hydrogens is 425 g/mol. The Kier molecular flexibility index (Phi) is 6.04. The minimum atomic E-state index is -0.239. The number of aromatic amines is 1. The summed E-state index contributed by atoms with van der Waals surface area (Å²) in [5.74, 6) is -0.239. The molecule has 1 aliphatic rings. The third kappa shape index (κ3) is 4.32. The van der Waals surface area contributed by atoms with Gasteiger partial charge in [-0.05, 0) is 46.5 Å². The second-order valence-corrected chi connectivity index (χ2v) is 8.35. The van der Waals surface area contributed by atoms with Crippen LogP contribution in [0.4, 0.5) is 4.39 Å². The van der Waals surface area contributed by atoms with Crippen molar-refractivity contribution < 1.29 is 9.13 Å². The van der Waals surface area contributed by atoms with E-state index in [2.05, 4.69) is 15.1 Å². The number of rotatable bonds is 5. The smallest absolute Gasteiger partial charge is 0.131 e. The van der Waals surface area contributed by atoms with E-state index in [1.807, 2.05) is 73.1 Å². The summed E-state index contributed by atoms with van der Waals surface area (Å²) < 4.78 is 20.4. The SMILES string of the molecule is Fc1ccc(C(c2cn[nH]c2)N2CCOCC2)cc1-c1ccc(-c2cccc(Cl)c2)cc1. The fourth-order valence-corrected chi connectivity index (χ4v) is 4.49. The number of morpholine rings is 1. The Bertz CT molecular complexity index is 1190. The molecular formula is C26H23ClFN3O. The maximum atomic E-state index is 14.9. The highest BCUT2D eigenvalue weighted by Gasteiger charge is 2.26. The Morgan fingerprint density at radius 3 is 2.41 bits per heavy atom. The predicted molar refractivity (Wildman–Crippen MR) is 125 cm³/mol. The van der Waals surface area contributed by atoms with Gasteiger partial charge in [-0.3, -0.25) is 10.00 Å². The molecule has 1 unspecified atom stereocenters. The molecule has 0 aliphatic carbocycles. The minimum absolute atomic E-state index is 0.0114. The van der Waals surface area contributed by atoms with Crippen LogP contribution in [-0.2, 0) is 4.74 Å². The number of halogens is 2. The first kappa shape index (κ1) is 20.9. The van der Waals surface area contributed by atoms with E-state index >= 15 is 0 Å². The average Bonchev–Trinajstić information content (AvgIpc) is 3.36. The van der Waals surface area contributed by atoms with Crippen LogP contribution in [0.3, 0.4) is 0 Å². The fourth-order valence-electron chi connectivity index (χ4n) is 4.30. The van der Waals surface area contributed by atoms with Gasteiger partial charge in [-0.25, -0.2) is 4.39 Å². The molecule has 3 aromatic carbocycles. The highest BCUT2D eigenvalue weighted by molar-refractivity contribution is 6.30. The van der Waals surface area contributed by atoms with Crippen LogP contribution in [0, 0.1) is 5.82 Å². The molecule has 1 aromatic heterocycles. The molecule has 0 bridgehead atoms. The molecule has 1 fully saturated rings. The van der Waals surface area contributed by atoms with E-state index < -0.39 is 0 Å². The Labute approximate surface area is 191 Å². The molecule has 5 rings (SSSR count). The minimum Gasteiger partial charge on any atom is -0.379 e. The van der Waals surface area contributed by atoms with Gasteiger partial charge in [0, 0.05) is 35.4 Å². The van der Waals surface area contributed by atoms with Gasteiger partial charge in [0.15, 0.2) is 0 Å². The zero-order valence-corrected chi connectivity index (χ0v) is 18.2. The number of benzene rings is 3. The van der Waals surface area contributed by atoms with E-state index in [1.54, 1.807) is 6.07 Å². The summed E-state index contributed by atoms with van der Waals surface area (Å²) >= 11 is 6.13. The van der Waals surface area contributed by atoms with Gasteiger partial charge in [0.25, 0.3) is 0 Å². The van der Waals surface area contributed by atoms with Crippen LogP contribution in [-0.4, -0.2) is 41.4 Å². The van der Waals surface area contributed by atoms with Crippen molar-refractivity contribution in [2.24, 2.45) is 0 Å². The van der Waals surface area contributed by atoms with Crippen molar-refractivity contribution in [3.63, 3.8) is 0 Å². The van der Waals surface area contributed by atoms with Crippen LogP contribution in [0.15, 0.2) is 79.1 Å². The lowest BCUT2D eigenvalue weighted by atomic mass is 9.94. The van der Waals surface area contributed by atoms with Gasteiger partial charge < -0.3 is 4.74 Å². The number of nitrogens with zero attached hydrogens (tertiary/aromatic N) is 2. The standard InChI is InChI=1S/C26H23ClFN3O/c27-23-3-1-2-20(14-23)18-4-6-19(7-5-18)24-15-21(8-9-25(24)28)26(22-16-29-30-17-22)31-10-12-32-13-11-31/h1-9,14-17,26H,10-13H2,(H,29,30). The van der Waals surface area contributed by atoms with E-state index in [-0.39, 0.29) is 11.9 Å². The quantitative estimate of drug-likeness (QED) is 0.410. The summed E-state index contributed by atoms with van der Waals surface area (Å²) in [5.41, 5.74) is 5.58. The molecule has 162 valence electrons. The van der Waals surface area contributed by atoms with Crippen molar-refractivity contribution in [1.29, 1.82) is 0 Å². The number of nitrogens with one attached hydrogen (secondary N) is 1. The van der Waals surface area contributed by atoms with E-state index in [9.17, 15) is 4.39 Å². The molecule has 0 radical (unpaired) electrons. The zero-order valence-electron chi connectivity index (χ0n) is 17.5. The summed E-state index contributed by atoms with van der Waals surface area (Å²) in [7, 11) is 0. The van der Waals surface area contributed by atoms with Gasteiger partial charge in [0.1, 0.15) is 5.82 Å². The van der Waals surface area contributed by atoms with Crippen molar-refractivity contribution in [2.75, 3.05) is 26.3 Å². The Morgan fingerprint density at radius 1 is 0.906 bits per heavy atom. The first-order chi connectivity index (χ1) is 15.7. The predicted octanol–water partition coefficient (Wildman–Crippen LogP) is 5.96. The van der Waals surface area contributed by atoms with E-state index in [4.69, 9.17) is 16.3 Å². The van der Waals surface area contributed by atoms with Crippen LogP contribution >= 0.6 is 11.6 Å².